The number of hydrogen-bond donors (Lipinski definition) is 0. The monoisotopic (exact) mass is 310 g/mol. The number of halogens is 2. The highest BCUT2D eigenvalue weighted by molar-refractivity contribution is 9.08. The molecule has 0 aliphatic rings. The minimum atomic E-state index is 0.715. The van der Waals surface area contributed by atoms with Crippen molar-refractivity contribution in [2.75, 3.05) is 0 Å². The predicted octanol–water partition coefficient (Wildman–Crippen LogP) is 5.34. The molecule has 0 N–H and O–H groups in total. The second-order valence-electron chi connectivity index (χ2n) is 3.81. The molecule has 0 amide bonds. The summed E-state index contributed by atoms with van der Waals surface area (Å²) in [6.07, 6.45) is 0. The lowest BCUT2D eigenvalue weighted by atomic mass is 10.2. The Bertz CT molecular complexity index is 525. The van der Waals surface area contributed by atoms with Crippen LogP contribution in [-0.4, -0.2) is 0 Å². The quantitative estimate of drug-likeness (QED) is 0.696. The zero-order valence-electron chi connectivity index (χ0n) is 9.41. The van der Waals surface area contributed by atoms with Gasteiger partial charge in [0.05, 0.1) is 0 Å². The Morgan fingerprint density at radius 3 is 2.53 bits per heavy atom. The molecule has 0 spiro atoms. The number of rotatable bonds is 3. The first-order valence-electron chi connectivity index (χ1n) is 5.28. The van der Waals surface area contributed by atoms with Gasteiger partial charge in [0.1, 0.15) is 11.5 Å². The minimum absolute atomic E-state index is 0.715. The van der Waals surface area contributed by atoms with E-state index in [2.05, 4.69) is 15.9 Å². The normalized spacial score (nSPS) is 10.3. The number of ether oxygens (including phenoxy) is 1. The molecular weight excluding hydrogens is 300 g/mol. The molecule has 0 atom stereocenters. The summed E-state index contributed by atoms with van der Waals surface area (Å²) in [5, 5.41) is 1.46. The van der Waals surface area contributed by atoms with E-state index in [4.69, 9.17) is 16.3 Å². The smallest absolute Gasteiger partial charge is 0.128 e. The van der Waals surface area contributed by atoms with Crippen molar-refractivity contribution in [3.05, 3.63) is 58.6 Å². The van der Waals surface area contributed by atoms with Crippen molar-refractivity contribution >= 4 is 27.5 Å². The van der Waals surface area contributed by atoms with Crippen LogP contribution in [0.4, 0.5) is 0 Å². The molecule has 0 saturated heterocycles. The molecule has 0 unspecified atom stereocenters. The topological polar surface area (TPSA) is 9.23 Å². The molecule has 0 aliphatic carbocycles. The van der Waals surface area contributed by atoms with Crippen LogP contribution in [0.1, 0.15) is 11.1 Å². The van der Waals surface area contributed by atoms with Crippen LogP contribution in [0, 0.1) is 6.92 Å². The summed E-state index contributed by atoms with van der Waals surface area (Å²) in [6.45, 7) is 2.04. The first-order valence-corrected chi connectivity index (χ1v) is 6.78. The van der Waals surface area contributed by atoms with Gasteiger partial charge < -0.3 is 4.74 Å². The number of benzene rings is 2. The van der Waals surface area contributed by atoms with E-state index in [0.29, 0.717) is 5.02 Å². The first kappa shape index (κ1) is 12.5. The molecule has 2 rings (SSSR count). The summed E-state index contributed by atoms with van der Waals surface area (Å²) in [7, 11) is 0. The first-order chi connectivity index (χ1) is 8.19. The predicted molar refractivity (Wildman–Crippen MR) is 75.3 cm³/mol. The van der Waals surface area contributed by atoms with Gasteiger partial charge in [0.2, 0.25) is 0 Å². The minimum Gasteiger partial charge on any atom is -0.457 e. The highest BCUT2D eigenvalue weighted by Gasteiger charge is 2.02. The van der Waals surface area contributed by atoms with Crippen LogP contribution in [0.25, 0.3) is 0 Å². The Balaban J connectivity index is 2.22. The van der Waals surface area contributed by atoms with Gasteiger partial charge in [0, 0.05) is 10.4 Å². The summed E-state index contributed by atoms with van der Waals surface area (Å²) < 4.78 is 5.74. The molecule has 2 aromatic carbocycles. The van der Waals surface area contributed by atoms with Crippen molar-refractivity contribution < 1.29 is 4.74 Å². The van der Waals surface area contributed by atoms with E-state index in [1.54, 1.807) is 0 Å². The molecule has 88 valence electrons. The Morgan fingerprint density at radius 2 is 1.88 bits per heavy atom. The average Bonchev–Trinajstić information content (AvgIpc) is 2.29. The Morgan fingerprint density at radius 1 is 1.12 bits per heavy atom. The Hall–Kier alpha value is -0.990. The summed E-state index contributed by atoms with van der Waals surface area (Å²) in [6, 6.07) is 13.6. The van der Waals surface area contributed by atoms with Crippen LogP contribution in [-0.2, 0) is 5.33 Å². The fourth-order valence-corrected chi connectivity index (χ4v) is 2.40. The van der Waals surface area contributed by atoms with E-state index in [-0.39, 0.29) is 0 Å². The SMILES string of the molecule is Cc1cccc(Oc2ccc(CBr)c(Cl)c2)c1. The highest BCUT2D eigenvalue weighted by Crippen LogP contribution is 2.28. The van der Waals surface area contributed by atoms with Crippen LogP contribution >= 0.6 is 27.5 Å². The zero-order chi connectivity index (χ0) is 12.3. The second-order valence-corrected chi connectivity index (χ2v) is 4.77. The summed E-state index contributed by atoms with van der Waals surface area (Å²) in [4.78, 5) is 0. The van der Waals surface area contributed by atoms with Crippen molar-refractivity contribution in [3.8, 4) is 11.5 Å². The maximum absolute atomic E-state index is 6.12. The molecule has 3 heteroatoms. The summed E-state index contributed by atoms with van der Waals surface area (Å²) >= 11 is 9.50. The zero-order valence-corrected chi connectivity index (χ0v) is 11.8. The van der Waals surface area contributed by atoms with Gasteiger partial charge in [-0.1, -0.05) is 45.7 Å². The number of alkyl halides is 1. The third kappa shape index (κ3) is 3.24. The van der Waals surface area contributed by atoms with Gasteiger partial charge in [-0.3, -0.25) is 0 Å². The van der Waals surface area contributed by atoms with Gasteiger partial charge in [0.15, 0.2) is 0 Å². The molecule has 0 aliphatic heterocycles. The fourth-order valence-electron chi connectivity index (χ4n) is 1.51. The van der Waals surface area contributed by atoms with Crippen LogP contribution in [0.3, 0.4) is 0 Å². The molecule has 1 nitrogen and oxygen atoms in total. The second kappa shape index (κ2) is 5.56. The molecule has 0 radical (unpaired) electrons. The fraction of sp³-hybridized carbons (Fsp3) is 0.143. The lowest BCUT2D eigenvalue weighted by molar-refractivity contribution is 0.482. The molecule has 0 heterocycles. The molecule has 2 aromatic rings. The number of hydrogen-bond acceptors (Lipinski definition) is 1. The average molecular weight is 312 g/mol. The summed E-state index contributed by atoms with van der Waals surface area (Å²) in [5.41, 5.74) is 2.23. The molecule has 0 aromatic heterocycles. The summed E-state index contributed by atoms with van der Waals surface area (Å²) in [5.74, 6) is 1.58. The van der Waals surface area contributed by atoms with Crippen LogP contribution in [0.5, 0.6) is 11.5 Å². The van der Waals surface area contributed by atoms with Crippen LogP contribution in [0.2, 0.25) is 5.02 Å². The van der Waals surface area contributed by atoms with Crippen molar-refractivity contribution in [3.63, 3.8) is 0 Å². The lowest BCUT2D eigenvalue weighted by Gasteiger charge is -2.08. The van der Waals surface area contributed by atoms with E-state index in [1.807, 2.05) is 49.4 Å². The van der Waals surface area contributed by atoms with Crippen molar-refractivity contribution in [1.82, 2.24) is 0 Å². The van der Waals surface area contributed by atoms with Gasteiger partial charge >= 0.3 is 0 Å². The van der Waals surface area contributed by atoms with Crippen molar-refractivity contribution in [2.24, 2.45) is 0 Å². The Labute approximate surface area is 115 Å². The van der Waals surface area contributed by atoms with E-state index < -0.39 is 0 Å². The maximum Gasteiger partial charge on any atom is 0.128 e. The van der Waals surface area contributed by atoms with Crippen molar-refractivity contribution in [2.45, 2.75) is 12.3 Å². The van der Waals surface area contributed by atoms with Gasteiger partial charge in [-0.05, 0) is 42.3 Å². The van der Waals surface area contributed by atoms with Gasteiger partial charge in [-0.15, -0.1) is 0 Å². The van der Waals surface area contributed by atoms with Gasteiger partial charge in [-0.25, -0.2) is 0 Å². The highest BCUT2D eigenvalue weighted by atomic mass is 79.9. The van der Waals surface area contributed by atoms with Gasteiger partial charge in [0.25, 0.3) is 0 Å². The molecule has 17 heavy (non-hydrogen) atoms. The number of aryl methyl sites for hydroxylation is 1. The third-order valence-corrected chi connectivity index (χ3v) is 3.35. The van der Waals surface area contributed by atoms with E-state index in [9.17, 15) is 0 Å². The Kier molecular flexibility index (Phi) is 4.08. The molecule has 0 fully saturated rings. The van der Waals surface area contributed by atoms with Crippen LogP contribution < -0.4 is 4.74 Å². The van der Waals surface area contributed by atoms with Crippen molar-refractivity contribution in [1.29, 1.82) is 0 Å². The lowest BCUT2D eigenvalue weighted by Crippen LogP contribution is -1.86. The molecular formula is C14H12BrClO. The van der Waals surface area contributed by atoms with E-state index in [0.717, 1.165) is 22.4 Å². The molecule has 0 saturated carbocycles. The van der Waals surface area contributed by atoms with E-state index in [1.165, 1.54) is 5.56 Å². The maximum atomic E-state index is 6.12. The van der Waals surface area contributed by atoms with E-state index >= 15 is 0 Å². The van der Waals surface area contributed by atoms with Crippen LogP contribution in [0.15, 0.2) is 42.5 Å². The largest absolute Gasteiger partial charge is 0.457 e. The van der Waals surface area contributed by atoms with Gasteiger partial charge in [-0.2, -0.15) is 0 Å². The molecule has 0 bridgehead atoms. The standard InChI is InChI=1S/C14H12BrClO/c1-10-3-2-4-12(7-10)17-13-6-5-11(9-15)14(16)8-13/h2-8H,9H2,1H3. The third-order valence-electron chi connectivity index (χ3n) is 2.39.